The molecule has 0 saturated carbocycles. The first kappa shape index (κ1) is 13.9. The number of rotatable bonds is 4. The Balaban J connectivity index is 2.38. The second-order valence-corrected chi connectivity index (χ2v) is 4.62. The van der Waals surface area contributed by atoms with Crippen LogP contribution in [0.1, 0.15) is 18.9 Å². The lowest BCUT2D eigenvalue weighted by atomic mass is 10.1. The van der Waals surface area contributed by atoms with E-state index in [9.17, 15) is 9.59 Å². The Morgan fingerprint density at radius 1 is 1.60 bits per heavy atom. The molecule has 1 unspecified atom stereocenters. The molecule has 1 atom stereocenters. The quantitative estimate of drug-likeness (QED) is 0.865. The fraction of sp³-hybridized carbons (Fsp3) is 0.357. The van der Waals surface area contributed by atoms with Crippen molar-refractivity contribution in [1.29, 1.82) is 5.26 Å². The normalized spacial score (nSPS) is 17.9. The van der Waals surface area contributed by atoms with Crippen molar-refractivity contribution in [1.82, 2.24) is 0 Å². The Kier molecular flexibility index (Phi) is 3.89. The van der Waals surface area contributed by atoms with Crippen molar-refractivity contribution in [2.75, 3.05) is 23.3 Å². The van der Waals surface area contributed by atoms with Crippen LogP contribution in [0, 0.1) is 17.2 Å². The van der Waals surface area contributed by atoms with Crippen molar-refractivity contribution < 1.29 is 14.7 Å². The topological polar surface area (TPSA) is 93.4 Å². The number of nitriles is 1. The van der Waals surface area contributed by atoms with Gasteiger partial charge >= 0.3 is 5.97 Å². The summed E-state index contributed by atoms with van der Waals surface area (Å²) in [6, 6.07) is 7.04. The fourth-order valence-electron chi connectivity index (χ4n) is 2.27. The van der Waals surface area contributed by atoms with Crippen LogP contribution in [0.15, 0.2) is 18.2 Å². The summed E-state index contributed by atoms with van der Waals surface area (Å²) in [5, 5.41) is 21.1. The van der Waals surface area contributed by atoms with Gasteiger partial charge in [0.25, 0.3) is 0 Å². The lowest BCUT2D eigenvalue weighted by Gasteiger charge is -2.20. The monoisotopic (exact) mass is 273 g/mol. The summed E-state index contributed by atoms with van der Waals surface area (Å²) in [6.07, 6.45) is -0.00230. The van der Waals surface area contributed by atoms with Gasteiger partial charge in [-0.05, 0) is 25.1 Å². The van der Waals surface area contributed by atoms with Crippen LogP contribution < -0.4 is 10.2 Å². The van der Waals surface area contributed by atoms with Crippen molar-refractivity contribution in [3.8, 4) is 6.07 Å². The SMILES string of the molecule is CCNc1ccc(C#N)cc1N1CC(C(=O)O)CC1=O. The standard InChI is InChI=1S/C14H15N3O3/c1-2-16-11-4-3-9(7-15)5-12(11)17-8-10(14(19)20)6-13(17)18/h3-5,10,16H,2,6,8H2,1H3,(H,19,20). The van der Waals surface area contributed by atoms with Gasteiger partial charge in [0, 0.05) is 19.5 Å². The summed E-state index contributed by atoms with van der Waals surface area (Å²) >= 11 is 0. The van der Waals surface area contributed by atoms with Crippen molar-refractivity contribution >= 4 is 23.3 Å². The highest BCUT2D eigenvalue weighted by Crippen LogP contribution is 2.32. The van der Waals surface area contributed by atoms with Crippen molar-refractivity contribution in [2.45, 2.75) is 13.3 Å². The molecule has 1 aromatic carbocycles. The molecule has 1 fully saturated rings. The molecule has 0 spiro atoms. The first-order valence-electron chi connectivity index (χ1n) is 6.38. The molecule has 6 nitrogen and oxygen atoms in total. The van der Waals surface area contributed by atoms with Crippen LogP contribution in [0.25, 0.3) is 0 Å². The average molecular weight is 273 g/mol. The van der Waals surface area contributed by atoms with Crippen LogP contribution in [0.2, 0.25) is 0 Å². The van der Waals surface area contributed by atoms with Crippen LogP contribution in [-0.2, 0) is 9.59 Å². The molecule has 1 amide bonds. The predicted octanol–water partition coefficient (Wildman–Crippen LogP) is 1.43. The largest absolute Gasteiger partial charge is 0.481 e. The maximum atomic E-state index is 12.0. The first-order valence-corrected chi connectivity index (χ1v) is 6.38. The number of nitrogens with zero attached hydrogens (tertiary/aromatic N) is 2. The number of amides is 1. The highest BCUT2D eigenvalue weighted by molar-refractivity contribution is 6.01. The summed E-state index contributed by atoms with van der Waals surface area (Å²) in [6.45, 7) is 2.73. The minimum Gasteiger partial charge on any atom is -0.481 e. The molecule has 0 aliphatic carbocycles. The van der Waals surface area contributed by atoms with Gasteiger partial charge in [-0.3, -0.25) is 9.59 Å². The third-order valence-corrected chi connectivity index (χ3v) is 3.26. The van der Waals surface area contributed by atoms with Crippen molar-refractivity contribution in [3.05, 3.63) is 23.8 Å². The number of aliphatic carboxylic acids is 1. The number of carbonyl (C=O) groups excluding carboxylic acids is 1. The molecule has 0 bridgehead atoms. The number of hydrogen-bond donors (Lipinski definition) is 2. The van der Waals surface area contributed by atoms with E-state index in [-0.39, 0.29) is 18.9 Å². The molecule has 1 saturated heterocycles. The van der Waals surface area contributed by atoms with E-state index < -0.39 is 11.9 Å². The number of carbonyl (C=O) groups is 2. The molecular formula is C14H15N3O3. The summed E-state index contributed by atoms with van der Waals surface area (Å²) in [7, 11) is 0. The molecule has 0 aromatic heterocycles. The van der Waals surface area contributed by atoms with Gasteiger partial charge in [-0.25, -0.2) is 0 Å². The molecule has 1 aliphatic rings. The zero-order valence-electron chi connectivity index (χ0n) is 11.1. The molecule has 1 aliphatic heterocycles. The van der Waals surface area contributed by atoms with Gasteiger partial charge in [-0.15, -0.1) is 0 Å². The van der Waals surface area contributed by atoms with E-state index >= 15 is 0 Å². The van der Waals surface area contributed by atoms with Crippen LogP contribution in [0.4, 0.5) is 11.4 Å². The summed E-state index contributed by atoms with van der Waals surface area (Å²) in [4.78, 5) is 24.5. The lowest BCUT2D eigenvalue weighted by molar-refractivity contribution is -0.141. The second kappa shape index (κ2) is 5.61. The number of carboxylic acid groups (broad SMARTS) is 1. The maximum Gasteiger partial charge on any atom is 0.308 e. The Morgan fingerprint density at radius 3 is 2.90 bits per heavy atom. The number of anilines is 2. The highest BCUT2D eigenvalue weighted by atomic mass is 16.4. The minimum absolute atomic E-state index is 0.00230. The van der Waals surface area contributed by atoms with E-state index in [1.165, 1.54) is 4.90 Å². The van der Waals surface area contributed by atoms with E-state index in [2.05, 4.69) is 5.32 Å². The van der Waals surface area contributed by atoms with E-state index in [1.807, 2.05) is 13.0 Å². The summed E-state index contributed by atoms with van der Waals surface area (Å²) < 4.78 is 0. The second-order valence-electron chi connectivity index (χ2n) is 4.62. The van der Waals surface area contributed by atoms with Gasteiger partial charge in [0.05, 0.1) is 28.9 Å². The van der Waals surface area contributed by atoms with Crippen LogP contribution in [0.5, 0.6) is 0 Å². The highest BCUT2D eigenvalue weighted by Gasteiger charge is 2.36. The van der Waals surface area contributed by atoms with E-state index in [1.54, 1.807) is 18.2 Å². The van der Waals surface area contributed by atoms with Crippen LogP contribution >= 0.6 is 0 Å². The Bertz CT molecular complexity index is 592. The molecule has 0 radical (unpaired) electrons. The lowest BCUT2D eigenvalue weighted by Crippen LogP contribution is -2.26. The molecule has 20 heavy (non-hydrogen) atoms. The average Bonchev–Trinajstić information content (AvgIpc) is 2.82. The summed E-state index contributed by atoms with van der Waals surface area (Å²) in [5.74, 6) is -1.89. The third-order valence-electron chi connectivity index (χ3n) is 3.26. The molecule has 2 N–H and O–H groups in total. The Labute approximate surface area is 116 Å². The van der Waals surface area contributed by atoms with Gasteiger partial charge in [0.1, 0.15) is 0 Å². The van der Waals surface area contributed by atoms with Crippen LogP contribution in [0.3, 0.4) is 0 Å². The fourth-order valence-corrected chi connectivity index (χ4v) is 2.27. The molecule has 1 aromatic rings. The summed E-state index contributed by atoms with van der Waals surface area (Å²) in [5.41, 5.74) is 1.73. The van der Waals surface area contributed by atoms with E-state index in [0.29, 0.717) is 17.8 Å². The zero-order chi connectivity index (χ0) is 14.7. The first-order chi connectivity index (χ1) is 9.56. The molecule has 6 heteroatoms. The van der Waals surface area contributed by atoms with Crippen molar-refractivity contribution in [2.24, 2.45) is 5.92 Å². The Morgan fingerprint density at radius 2 is 2.35 bits per heavy atom. The maximum absolute atomic E-state index is 12.0. The zero-order valence-corrected chi connectivity index (χ0v) is 11.1. The third kappa shape index (κ3) is 2.57. The van der Waals surface area contributed by atoms with E-state index in [0.717, 1.165) is 5.69 Å². The number of hydrogen-bond acceptors (Lipinski definition) is 4. The molecule has 104 valence electrons. The predicted molar refractivity (Wildman–Crippen MR) is 73.4 cm³/mol. The van der Waals surface area contributed by atoms with Gasteiger partial charge in [-0.1, -0.05) is 0 Å². The number of nitrogens with one attached hydrogen (secondary N) is 1. The van der Waals surface area contributed by atoms with Gasteiger partial charge in [-0.2, -0.15) is 5.26 Å². The molecular weight excluding hydrogens is 258 g/mol. The smallest absolute Gasteiger partial charge is 0.308 e. The van der Waals surface area contributed by atoms with Gasteiger partial charge < -0.3 is 15.3 Å². The number of carboxylic acids is 1. The van der Waals surface area contributed by atoms with Gasteiger partial charge in [0.15, 0.2) is 0 Å². The number of benzene rings is 1. The van der Waals surface area contributed by atoms with Crippen molar-refractivity contribution in [3.63, 3.8) is 0 Å². The van der Waals surface area contributed by atoms with E-state index in [4.69, 9.17) is 10.4 Å². The minimum atomic E-state index is -0.970. The van der Waals surface area contributed by atoms with Gasteiger partial charge in [0.2, 0.25) is 5.91 Å². The molecule has 1 heterocycles. The molecule has 2 rings (SSSR count). The van der Waals surface area contributed by atoms with Crippen LogP contribution in [-0.4, -0.2) is 30.1 Å². The Hall–Kier alpha value is -2.55.